The van der Waals surface area contributed by atoms with Gasteiger partial charge in [-0.2, -0.15) is 0 Å². The van der Waals surface area contributed by atoms with Gasteiger partial charge >= 0.3 is 0 Å². The van der Waals surface area contributed by atoms with Crippen LogP contribution < -0.4 is 5.32 Å². The van der Waals surface area contributed by atoms with Crippen molar-refractivity contribution in [2.24, 2.45) is 0 Å². The zero-order valence-electron chi connectivity index (χ0n) is 9.52. The highest BCUT2D eigenvalue weighted by Crippen LogP contribution is 2.27. The van der Waals surface area contributed by atoms with E-state index in [0.717, 1.165) is 10.2 Å². The van der Waals surface area contributed by atoms with Crippen LogP contribution in [0, 0.1) is 0 Å². The Hall–Kier alpha value is -0.950. The summed E-state index contributed by atoms with van der Waals surface area (Å²) in [5.41, 5.74) is -0.820. The molecule has 7 heteroatoms. The topological polar surface area (TPSA) is 67.3 Å². The minimum atomic E-state index is -0.820. The molecule has 1 aliphatic heterocycles. The third kappa shape index (κ3) is 2.29. The van der Waals surface area contributed by atoms with Gasteiger partial charge in [-0.3, -0.25) is 0 Å². The van der Waals surface area contributed by atoms with E-state index < -0.39 is 5.60 Å². The number of fused-ring (bicyclic) bond motifs is 1. The molecule has 0 saturated carbocycles. The number of nitrogens with zero attached hydrogens (tertiary/aromatic N) is 2. The van der Waals surface area contributed by atoms with E-state index in [1.807, 2.05) is 11.4 Å². The molecule has 1 saturated heterocycles. The number of rotatable bonds is 3. The second-order valence-corrected chi connectivity index (χ2v) is 5.59. The second kappa shape index (κ2) is 4.62. The lowest BCUT2D eigenvalue weighted by atomic mass is 10.0. The molecule has 18 heavy (non-hydrogen) atoms. The Morgan fingerprint density at radius 1 is 1.56 bits per heavy atom. The van der Waals surface area contributed by atoms with Gasteiger partial charge in [-0.15, -0.1) is 11.3 Å². The summed E-state index contributed by atoms with van der Waals surface area (Å²) in [5.74, 6) is 0.659. The van der Waals surface area contributed by atoms with Gasteiger partial charge in [0, 0.05) is 19.6 Å². The molecule has 1 atom stereocenters. The largest absolute Gasteiger partial charge is 0.386 e. The first-order valence-corrected chi connectivity index (χ1v) is 6.87. The van der Waals surface area contributed by atoms with Crippen LogP contribution in [0.25, 0.3) is 10.2 Å². The van der Waals surface area contributed by atoms with Crippen LogP contribution in [0.4, 0.5) is 5.82 Å². The summed E-state index contributed by atoms with van der Waals surface area (Å²) in [7, 11) is 0. The van der Waals surface area contributed by atoms with E-state index in [1.165, 1.54) is 11.3 Å². The Balaban J connectivity index is 1.83. The van der Waals surface area contributed by atoms with Crippen LogP contribution in [-0.4, -0.2) is 40.4 Å². The lowest BCUT2D eigenvalue weighted by Gasteiger charge is -2.21. The zero-order chi connectivity index (χ0) is 12.6. The van der Waals surface area contributed by atoms with Gasteiger partial charge in [0.2, 0.25) is 5.28 Å². The van der Waals surface area contributed by atoms with Gasteiger partial charge in [0.1, 0.15) is 16.2 Å². The number of ether oxygens (including phenoxy) is 1. The molecular weight excluding hydrogens is 274 g/mol. The van der Waals surface area contributed by atoms with E-state index in [1.54, 1.807) is 0 Å². The van der Waals surface area contributed by atoms with Gasteiger partial charge in [0.15, 0.2) is 0 Å². The number of hydrogen-bond acceptors (Lipinski definition) is 6. The Kier molecular flexibility index (Phi) is 3.11. The second-order valence-electron chi connectivity index (χ2n) is 4.36. The standard InChI is InChI=1S/C11H12ClN3O2S/c12-10-14-8(7-1-4-18-9(7)15-10)13-5-11(16)2-3-17-6-11/h1,4,16H,2-3,5-6H2,(H,13,14,15). The molecule has 0 bridgehead atoms. The summed E-state index contributed by atoms with van der Waals surface area (Å²) >= 11 is 7.38. The Labute approximate surface area is 113 Å². The average molecular weight is 286 g/mol. The molecule has 0 spiro atoms. The number of hydrogen-bond donors (Lipinski definition) is 2. The summed E-state index contributed by atoms with van der Waals surface area (Å²) < 4.78 is 5.20. The molecule has 1 fully saturated rings. The van der Waals surface area contributed by atoms with Gasteiger partial charge < -0.3 is 15.2 Å². The highest BCUT2D eigenvalue weighted by Gasteiger charge is 2.32. The fourth-order valence-electron chi connectivity index (χ4n) is 1.95. The highest BCUT2D eigenvalue weighted by atomic mass is 35.5. The molecule has 2 aromatic rings. The van der Waals surface area contributed by atoms with E-state index in [0.29, 0.717) is 32.0 Å². The number of nitrogens with one attached hydrogen (secondary N) is 1. The zero-order valence-corrected chi connectivity index (χ0v) is 11.1. The van der Waals surface area contributed by atoms with Crippen LogP contribution >= 0.6 is 22.9 Å². The Morgan fingerprint density at radius 2 is 2.44 bits per heavy atom. The molecule has 2 N–H and O–H groups in total. The van der Waals surface area contributed by atoms with Crippen molar-refractivity contribution in [3.63, 3.8) is 0 Å². The molecule has 2 aromatic heterocycles. The van der Waals surface area contributed by atoms with Crippen molar-refractivity contribution in [1.29, 1.82) is 0 Å². The quantitative estimate of drug-likeness (QED) is 0.843. The average Bonchev–Trinajstić information content (AvgIpc) is 2.95. The van der Waals surface area contributed by atoms with Crippen molar-refractivity contribution in [3.8, 4) is 0 Å². The third-order valence-corrected chi connectivity index (χ3v) is 3.94. The van der Waals surface area contributed by atoms with Crippen molar-refractivity contribution in [2.45, 2.75) is 12.0 Å². The SMILES string of the molecule is OC1(CNc2nc(Cl)nc3sccc23)CCOC1. The molecule has 0 amide bonds. The minimum Gasteiger partial charge on any atom is -0.386 e. The number of thiophene rings is 1. The fourth-order valence-corrected chi connectivity index (χ4v) is 2.93. The monoisotopic (exact) mass is 285 g/mol. The molecular formula is C11H12ClN3O2S. The maximum Gasteiger partial charge on any atom is 0.225 e. The lowest BCUT2D eigenvalue weighted by molar-refractivity contribution is 0.0381. The molecule has 5 nitrogen and oxygen atoms in total. The van der Waals surface area contributed by atoms with Crippen LogP contribution in [0.1, 0.15) is 6.42 Å². The van der Waals surface area contributed by atoms with E-state index in [4.69, 9.17) is 16.3 Å². The molecule has 0 radical (unpaired) electrons. The van der Waals surface area contributed by atoms with Gasteiger partial charge in [0.25, 0.3) is 0 Å². The first-order chi connectivity index (χ1) is 8.66. The van der Waals surface area contributed by atoms with Crippen molar-refractivity contribution >= 4 is 39.0 Å². The fraction of sp³-hybridized carbons (Fsp3) is 0.455. The molecule has 3 rings (SSSR count). The van der Waals surface area contributed by atoms with Crippen molar-refractivity contribution in [3.05, 3.63) is 16.7 Å². The van der Waals surface area contributed by atoms with Crippen LogP contribution in [0.3, 0.4) is 0 Å². The van der Waals surface area contributed by atoms with Crippen LogP contribution in [0.15, 0.2) is 11.4 Å². The first kappa shape index (κ1) is 12.1. The molecule has 96 valence electrons. The maximum atomic E-state index is 10.2. The van der Waals surface area contributed by atoms with Crippen molar-refractivity contribution in [2.75, 3.05) is 25.1 Å². The highest BCUT2D eigenvalue weighted by molar-refractivity contribution is 7.16. The predicted octanol–water partition coefficient (Wildman–Crippen LogP) is 1.91. The maximum absolute atomic E-state index is 10.2. The Bertz CT molecular complexity index is 568. The molecule has 3 heterocycles. The Morgan fingerprint density at radius 3 is 3.22 bits per heavy atom. The summed E-state index contributed by atoms with van der Waals surface area (Å²) in [6.07, 6.45) is 0.631. The molecule has 0 aliphatic carbocycles. The lowest BCUT2D eigenvalue weighted by Crippen LogP contribution is -2.37. The predicted molar refractivity (Wildman–Crippen MR) is 71.3 cm³/mol. The molecule has 0 aromatic carbocycles. The van der Waals surface area contributed by atoms with E-state index in [-0.39, 0.29) is 5.28 Å². The molecule has 1 aliphatic rings. The molecule has 1 unspecified atom stereocenters. The first-order valence-electron chi connectivity index (χ1n) is 5.61. The van der Waals surface area contributed by atoms with Gasteiger partial charge in [-0.1, -0.05) is 0 Å². The number of halogens is 1. The summed E-state index contributed by atoms with van der Waals surface area (Å²) in [4.78, 5) is 9.14. The van der Waals surface area contributed by atoms with Gasteiger partial charge in [-0.25, -0.2) is 9.97 Å². The smallest absolute Gasteiger partial charge is 0.225 e. The number of anilines is 1. The number of aliphatic hydroxyl groups is 1. The van der Waals surface area contributed by atoms with Crippen LogP contribution in [0.2, 0.25) is 5.28 Å². The van der Waals surface area contributed by atoms with E-state index in [9.17, 15) is 5.11 Å². The summed E-state index contributed by atoms with van der Waals surface area (Å²) in [6.45, 7) is 1.34. The summed E-state index contributed by atoms with van der Waals surface area (Å²) in [6, 6.07) is 1.94. The van der Waals surface area contributed by atoms with Crippen LogP contribution in [0.5, 0.6) is 0 Å². The van der Waals surface area contributed by atoms with Crippen LogP contribution in [-0.2, 0) is 4.74 Å². The number of aromatic nitrogens is 2. The minimum absolute atomic E-state index is 0.210. The normalized spacial score (nSPS) is 23.7. The van der Waals surface area contributed by atoms with E-state index in [2.05, 4.69) is 15.3 Å². The van der Waals surface area contributed by atoms with Gasteiger partial charge in [0.05, 0.1) is 12.0 Å². The van der Waals surface area contributed by atoms with Crippen molar-refractivity contribution < 1.29 is 9.84 Å². The van der Waals surface area contributed by atoms with Crippen molar-refractivity contribution in [1.82, 2.24) is 9.97 Å². The third-order valence-electron chi connectivity index (χ3n) is 2.97. The summed E-state index contributed by atoms with van der Waals surface area (Å²) in [5, 5.41) is 16.4. The van der Waals surface area contributed by atoms with Gasteiger partial charge in [-0.05, 0) is 23.0 Å². The van der Waals surface area contributed by atoms with E-state index >= 15 is 0 Å².